The second-order valence-corrected chi connectivity index (χ2v) is 15.6. The molecule has 0 saturated heterocycles. The molecule has 0 N–H and O–H groups in total. The van der Waals surface area contributed by atoms with Gasteiger partial charge in [0.15, 0.2) is 34.9 Å². The molecule has 310 valence electrons. The molecule has 0 aliphatic rings. The van der Waals surface area contributed by atoms with E-state index in [-0.39, 0.29) is 0 Å². The molecule has 0 bridgehead atoms. The maximum absolute atomic E-state index is 5.27. The number of pyridine rings is 2. The summed E-state index contributed by atoms with van der Waals surface area (Å²) in [4.78, 5) is 39.7. The molecule has 0 aliphatic heterocycles. The summed E-state index contributed by atoms with van der Waals surface area (Å²) in [5, 5.41) is 0. The zero-order valence-electron chi connectivity index (χ0n) is 35.5. The van der Waals surface area contributed by atoms with E-state index in [9.17, 15) is 0 Å². The Labute approximate surface area is 382 Å². The summed E-state index contributed by atoms with van der Waals surface area (Å²) in [6.07, 6.45) is 7.31. The second-order valence-electron chi connectivity index (χ2n) is 15.6. The summed E-state index contributed by atoms with van der Waals surface area (Å²) < 4.78 is 0. The lowest BCUT2D eigenvalue weighted by molar-refractivity contribution is 1.07. The van der Waals surface area contributed by atoms with Crippen LogP contribution in [0, 0.1) is 0 Å². The predicted molar refractivity (Wildman–Crippen MR) is 263 cm³/mol. The van der Waals surface area contributed by atoms with Crippen LogP contribution >= 0.6 is 0 Å². The number of aromatic nitrogens is 8. The summed E-state index contributed by atoms with van der Waals surface area (Å²) in [6, 6.07) is 69.7. The van der Waals surface area contributed by atoms with E-state index in [2.05, 4.69) is 82.8 Å². The van der Waals surface area contributed by atoms with E-state index in [1.165, 1.54) is 0 Å². The third-order valence-corrected chi connectivity index (χ3v) is 11.4. The fourth-order valence-corrected chi connectivity index (χ4v) is 8.29. The molecule has 0 spiro atoms. The molecule has 0 saturated carbocycles. The van der Waals surface area contributed by atoms with Crippen molar-refractivity contribution in [3.8, 4) is 113 Å². The fraction of sp³-hybridized carbons (Fsp3) is 0. The third-order valence-electron chi connectivity index (χ3n) is 11.4. The fourth-order valence-electron chi connectivity index (χ4n) is 8.29. The molecular formula is C58H38N8. The molecule has 11 rings (SSSR count). The van der Waals surface area contributed by atoms with Gasteiger partial charge in [0, 0.05) is 63.7 Å². The Bertz CT molecular complexity index is 3400. The Hall–Kier alpha value is -9.14. The summed E-state index contributed by atoms with van der Waals surface area (Å²) in [5.74, 6) is 3.43. The van der Waals surface area contributed by atoms with Crippen LogP contribution < -0.4 is 0 Å². The van der Waals surface area contributed by atoms with E-state index in [0.29, 0.717) is 34.9 Å². The molecule has 11 aromatic rings. The van der Waals surface area contributed by atoms with E-state index >= 15 is 0 Å². The van der Waals surface area contributed by atoms with Gasteiger partial charge in [-0.1, -0.05) is 182 Å². The molecule has 0 atom stereocenters. The highest BCUT2D eigenvalue weighted by Crippen LogP contribution is 2.46. The summed E-state index contributed by atoms with van der Waals surface area (Å²) in [5.41, 5.74) is 13.2. The maximum atomic E-state index is 5.27. The van der Waals surface area contributed by atoms with Gasteiger partial charge < -0.3 is 0 Å². The first-order chi connectivity index (χ1) is 32.7. The number of rotatable bonds is 10. The monoisotopic (exact) mass is 846 g/mol. The zero-order chi connectivity index (χ0) is 44.1. The SMILES string of the molecule is c1ccc(-c2nc(-c3cccc(-c4cccnc4)c3)nc(-c3ccccc3-c3cccc(-c4ccncc4)c3-c3ccccc3-c3nc(-c4ccccc4)nc(-c4ccccc4)n3)n2)cc1. The van der Waals surface area contributed by atoms with Crippen LogP contribution in [0.15, 0.2) is 231 Å². The standard InChI is InChI=1S/C58H38N8/c1-4-17-40(18-5-1)53-61-54(41-19-6-2-7-20-41)65-58(64-53)51-29-13-11-27-49(51)52-46(39-32-35-59-36-33-39)30-15-31-48(52)47-26-10-12-28-50(47)57-63-55(42-21-8-3-9-22-42)62-56(66-57)44-24-14-23-43(37-44)45-25-16-34-60-38-45/h1-38H. The molecule has 0 radical (unpaired) electrons. The lowest BCUT2D eigenvalue weighted by Gasteiger charge is -2.20. The molecule has 66 heavy (non-hydrogen) atoms. The quantitative estimate of drug-likeness (QED) is 0.134. The predicted octanol–water partition coefficient (Wildman–Crippen LogP) is 13.5. The lowest BCUT2D eigenvalue weighted by Crippen LogP contribution is -2.02. The minimum absolute atomic E-state index is 0.548. The van der Waals surface area contributed by atoms with E-state index in [1.807, 2.05) is 152 Å². The number of benzene rings is 7. The van der Waals surface area contributed by atoms with Gasteiger partial charge in [0.2, 0.25) is 0 Å². The van der Waals surface area contributed by atoms with Gasteiger partial charge in [-0.15, -0.1) is 0 Å². The second kappa shape index (κ2) is 17.9. The first-order valence-electron chi connectivity index (χ1n) is 21.7. The number of hydrogen-bond acceptors (Lipinski definition) is 8. The zero-order valence-corrected chi connectivity index (χ0v) is 35.5. The molecule has 4 heterocycles. The van der Waals surface area contributed by atoms with Gasteiger partial charge in [0.25, 0.3) is 0 Å². The van der Waals surface area contributed by atoms with Crippen molar-refractivity contribution in [2.45, 2.75) is 0 Å². The van der Waals surface area contributed by atoms with Crippen molar-refractivity contribution in [2.75, 3.05) is 0 Å². The molecule has 7 aromatic carbocycles. The Balaban J connectivity index is 1.14. The van der Waals surface area contributed by atoms with Gasteiger partial charge >= 0.3 is 0 Å². The van der Waals surface area contributed by atoms with E-state index in [1.54, 1.807) is 6.20 Å². The van der Waals surface area contributed by atoms with Gasteiger partial charge in [-0.05, 0) is 63.2 Å². The van der Waals surface area contributed by atoms with Gasteiger partial charge in [-0.25, -0.2) is 29.9 Å². The summed E-state index contributed by atoms with van der Waals surface area (Å²) in [6.45, 7) is 0. The van der Waals surface area contributed by atoms with Crippen molar-refractivity contribution in [1.29, 1.82) is 0 Å². The van der Waals surface area contributed by atoms with Crippen LogP contribution in [0.4, 0.5) is 0 Å². The van der Waals surface area contributed by atoms with Crippen LogP contribution in [0.5, 0.6) is 0 Å². The average molecular weight is 847 g/mol. The molecule has 4 aromatic heterocycles. The highest BCUT2D eigenvalue weighted by molar-refractivity contribution is 6.01. The maximum Gasteiger partial charge on any atom is 0.164 e. The van der Waals surface area contributed by atoms with Crippen molar-refractivity contribution >= 4 is 0 Å². The van der Waals surface area contributed by atoms with Gasteiger partial charge in [0.1, 0.15) is 0 Å². The van der Waals surface area contributed by atoms with Crippen molar-refractivity contribution in [3.05, 3.63) is 231 Å². The van der Waals surface area contributed by atoms with Crippen LogP contribution in [0.25, 0.3) is 113 Å². The van der Waals surface area contributed by atoms with Crippen LogP contribution in [0.3, 0.4) is 0 Å². The third kappa shape index (κ3) is 8.02. The van der Waals surface area contributed by atoms with Crippen LogP contribution in [0.1, 0.15) is 0 Å². The van der Waals surface area contributed by atoms with E-state index in [4.69, 9.17) is 29.9 Å². The highest BCUT2D eigenvalue weighted by atomic mass is 15.0. The average Bonchev–Trinajstić information content (AvgIpc) is 3.41. The largest absolute Gasteiger partial charge is 0.265 e. The van der Waals surface area contributed by atoms with E-state index < -0.39 is 0 Å². The minimum Gasteiger partial charge on any atom is -0.265 e. The minimum atomic E-state index is 0.548. The van der Waals surface area contributed by atoms with Gasteiger partial charge in [-0.2, -0.15) is 0 Å². The van der Waals surface area contributed by atoms with Crippen LogP contribution in [-0.2, 0) is 0 Å². The summed E-state index contributed by atoms with van der Waals surface area (Å²) in [7, 11) is 0. The smallest absolute Gasteiger partial charge is 0.164 e. The number of nitrogens with zero attached hydrogens (tertiary/aromatic N) is 8. The first-order valence-corrected chi connectivity index (χ1v) is 21.7. The van der Waals surface area contributed by atoms with Crippen LogP contribution in [-0.4, -0.2) is 39.9 Å². The van der Waals surface area contributed by atoms with Crippen molar-refractivity contribution in [2.24, 2.45) is 0 Å². The molecule has 0 aliphatic carbocycles. The van der Waals surface area contributed by atoms with E-state index in [0.717, 1.165) is 77.9 Å². The normalized spacial score (nSPS) is 11.0. The Kier molecular flexibility index (Phi) is 10.8. The number of hydrogen-bond donors (Lipinski definition) is 0. The van der Waals surface area contributed by atoms with Crippen molar-refractivity contribution in [3.63, 3.8) is 0 Å². The van der Waals surface area contributed by atoms with Crippen molar-refractivity contribution < 1.29 is 0 Å². The topological polar surface area (TPSA) is 103 Å². The Morgan fingerprint density at radius 2 is 0.621 bits per heavy atom. The highest BCUT2D eigenvalue weighted by Gasteiger charge is 2.23. The summed E-state index contributed by atoms with van der Waals surface area (Å²) >= 11 is 0. The Morgan fingerprint density at radius 1 is 0.212 bits per heavy atom. The molecular weight excluding hydrogens is 809 g/mol. The molecule has 0 fully saturated rings. The van der Waals surface area contributed by atoms with Crippen molar-refractivity contribution in [1.82, 2.24) is 39.9 Å². The first kappa shape index (κ1) is 39.7. The van der Waals surface area contributed by atoms with Gasteiger partial charge in [-0.3, -0.25) is 9.97 Å². The Morgan fingerprint density at radius 3 is 1.18 bits per heavy atom. The van der Waals surface area contributed by atoms with Gasteiger partial charge in [0.05, 0.1) is 0 Å². The molecule has 8 nitrogen and oxygen atoms in total. The van der Waals surface area contributed by atoms with Crippen LogP contribution in [0.2, 0.25) is 0 Å². The molecule has 0 unspecified atom stereocenters. The molecule has 8 heteroatoms. The molecule has 0 amide bonds. The lowest BCUT2D eigenvalue weighted by atomic mass is 9.84.